The van der Waals surface area contributed by atoms with E-state index in [4.69, 9.17) is 0 Å². The molecule has 0 heterocycles. The standard InChI is InChI=1S/C14H28N2OS/c1-12(11-18-4)16(3)13(17)10-14(15-2)8-6-5-7-9-14/h12,15H,5-11H2,1-4H3. The fraction of sp³-hybridized carbons (Fsp3) is 0.929. The summed E-state index contributed by atoms with van der Waals surface area (Å²) in [6, 6.07) is 0.324. The second-order valence-electron chi connectivity index (χ2n) is 5.58. The third-order valence-electron chi connectivity index (χ3n) is 4.29. The van der Waals surface area contributed by atoms with Crippen molar-refractivity contribution < 1.29 is 4.79 Å². The molecule has 106 valence electrons. The van der Waals surface area contributed by atoms with Gasteiger partial charge in [-0.25, -0.2) is 0 Å². The van der Waals surface area contributed by atoms with Crippen molar-refractivity contribution in [3.8, 4) is 0 Å². The molecule has 1 N–H and O–H groups in total. The highest BCUT2D eigenvalue weighted by Crippen LogP contribution is 2.31. The van der Waals surface area contributed by atoms with Crippen molar-refractivity contribution >= 4 is 17.7 Å². The molecule has 1 amide bonds. The van der Waals surface area contributed by atoms with E-state index >= 15 is 0 Å². The minimum Gasteiger partial charge on any atom is -0.342 e. The van der Waals surface area contributed by atoms with Crippen LogP contribution in [0.2, 0.25) is 0 Å². The van der Waals surface area contributed by atoms with Gasteiger partial charge in [-0.2, -0.15) is 11.8 Å². The van der Waals surface area contributed by atoms with Gasteiger partial charge in [0.25, 0.3) is 0 Å². The molecule has 0 saturated heterocycles. The summed E-state index contributed by atoms with van der Waals surface area (Å²) < 4.78 is 0. The van der Waals surface area contributed by atoms with Gasteiger partial charge in [-0.1, -0.05) is 19.3 Å². The third-order valence-corrected chi connectivity index (χ3v) is 5.11. The molecule has 0 aromatic heterocycles. The van der Waals surface area contributed by atoms with Crippen molar-refractivity contribution in [1.82, 2.24) is 10.2 Å². The van der Waals surface area contributed by atoms with Gasteiger partial charge in [0.1, 0.15) is 0 Å². The first-order valence-electron chi connectivity index (χ1n) is 6.98. The van der Waals surface area contributed by atoms with Gasteiger partial charge in [0.2, 0.25) is 5.91 Å². The lowest BCUT2D eigenvalue weighted by molar-refractivity contribution is -0.133. The van der Waals surface area contributed by atoms with E-state index in [2.05, 4.69) is 18.5 Å². The number of nitrogens with one attached hydrogen (secondary N) is 1. The van der Waals surface area contributed by atoms with Crippen LogP contribution in [0.5, 0.6) is 0 Å². The highest BCUT2D eigenvalue weighted by molar-refractivity contribution is 7.98. The van der Waals surface area contributed by atoms with Crippen LogP contribution >= 0.6 is 11.8 Å². The van der Waals surface area contributed by atoms with Crippen LogP contribution in [0, 0.1) is 0 Å². The predicted octanol–water partition coefficient (Wildman–Crippen LogP) is 2.51. The number of nitrogens with zero attached hydrogens (tertiary/aromatic N) is 1. The van der Waals surface area contributed by atoms with Gasteiger partial charge >= 0.3 is 0 Å². The lowest BCUT2D eigenvalue weighted by atomic mass is 9.79. The molecule has 1 rings (SSSR count). The monoisotopic (exact) mass is 272 g/mol. The van der Waals surface area contributed by atoms with Gasteiger partial charge in [-0.15, -0.1) is 0 Å². The van der Waals surface area contributed by atoms with E-state index in [1.165, 1.54) is 19.3 Å². The van der Waals surface area contributed by atoms with Gasteiger partial charge in [0.15, 0.2) is 0 Å². The van der Waals surface area contributed by atoms with Crippen LogP contribution in [0.1, 0.15) is 45.4 Å². The van der Waals surface area contributed by atoms with Crippen LogP contribution in [-0.2, 0) is 4.79 Å². The second-order valence-corrected chi connectivity index (χ2v) is 6.49. The smallest absolute Gasteiger partial charge is 0.224 e. The molecule has 0 aromatic rings. The number of thioether (sulfide) groups is 1. The van der Waals surface area contributed by atoms with Gasteiger partial charge in [-0.05, 0) is 33.1 Å². The van der Waals surface area contributed by atoms with Crippen molar-refractivity contribution in [2.75, 3.05) is 26.1 Å². The van der Waals surface area contributed by atoms with Gasteiger partial charge in [0, 0.05) is 30.8 Å². The van der Waals surface area contributed by atoms with Gasteiger partial charge in [-0.3, -0.25) is 4.79 Å². The van der Waals surface area contributed by atoms with Crippen molar-refractivity contribution in [2.24, 2.45) is 0 Å². The largest absolute Gasteiger partial charge is 0.342 e. The van der Waals surface area contributed by atoms with Crippen molar-refractivity contribution in [1.29, 1.82) is 0 Å². The zero-order valence-corrected chi connectivity index (χ0v) is 13.1. The average Bonchev–Trinajstić information content (AvgIpc) is 2.39. The molecule has 0 spiro atoms. The zero-order chi connectivity index (χ0) is 13.6. The molecule has 0 aliphatic heterocycles. The van der Waals surface area contributed by atoms with Crippen molar-refractivity contribution in [3.63, 3.8) is 0 Å². The Bertz CT molecular complexity index is 265. The maximum Gasteiger partial charge on any atom is 0.224 e. The summed E-state index contributed by atoms with van der Waals surface area (Å²) in [7, 11) is 3.94. The Hall–Kier alpha value is -0.220. The Morgan fingerprint density at radius 1 is 1.39 bits per heavy atom. The lowest BCUT2D eigenvalue weighted by Gasteiger charge is -2.38. The van der Waals surface area contributed by atoms with Gasteiger partial charge in [0.05, 0.1) is 0 Å². The molecule has 18 heavy (non-hydrogen) atoms. The Morgan fingerprint density at radius 3 is 2.50 bits per heavy atom. The summed E-state index contributed by atoms with van der Waals surface area (Å²) >= 11 is 1.80. The van der Waals surface area contributed by atoms with Crippen LogP contribution < -0.4 is 5.32 Å². The molecule has 0 bridgehead atoms. The van der Waals surface area contributed by atoms with E-state index < -0.39 is 0 Å². The molecule has 0 radical (unpaired) electrons. The molecule has 1 saturated carbocycles. The van der Waals surface area contributed by atoms with E-state index in [9.17, 15) is 4.79 Å². The number of rotatable bonds is 6. The molecule has 1 atom stereocenters. The number of carbonyl (C=O) groups excluding carboxylic acids is 1. The average molecular weight is 272 g/mol. The molecular weight excluding hydrogens is 244 g/mol. The minimum atomic E-state index is 0.0582. The maximum atomic E-state index is 12.4. The number of carbonyl (C=O) groups is 1. The van der Waals surface area contributed by atoms with Crippen LogP contribution in [0.25, 0.3) is 0 Å². The molecule has 4 heteroatoms. The zero-order valence-electron chi connectivity index (χ0n) is 12.3. The van der Waals surface area contributed by atoms with E-state index in [0.29, 0.717) is 12.5 Å². The van der Waals surface area contributed by atoms with E-state index in [0.717, 1.165) is 18.6 Å². The summed E-state index contributed by atoms with van der Waals surface area (Å²) in [5.74, 6) is 1.29. The molecule has 1 aliphatic rings. The van der Waals surface area contributed by atoms with Crippen LogP contribution in [0.4, 0.5) is 0 Å². The Balaban J connectivity index is 2.55. The molecule has 1 unspecified atom stereocenters. The number of amides is 1. The van der Waals surface area contributed by atoms with E-state index in [1.807, 2.05) is 19.0 Å². The molecule has 0 aromatic carbocycles. The van der Waals surface area contributed by atoms with Gasteiger partial charge < -0.3 is 10.2 Å². The number of hydrogen-bond acceptors (Lipinski definition) is 3. The van der Waals surface area contributed by atoms with Crippen LogP contribution in [-0.4, -0.2) is 48.5 Å². The van der Waals surface area contributed by atoms with E-state index in [1.54, 1.807) is 11.8 Å². The summed E-state index contributed by atoms with van der Waals surface area (Å²) in [4.78, 5) is 14.3. The summed E-state index contributed by atoms with van der Waals surface area (Å²) in [5.41, 5.74) is 0.0582. The predicted molar refractivity (Wildman–Crippen MR) is 80.1 cm³/mol. The topological polar surface area (TPSA) is 32.3 Å². The summed E-state index contributed by atoms with van der Waals surface area (Å²) in [5, 5.41) is 3.42. The Labute approximate surface area is 116 Å². The first-order chi connectivity index (χ1) is 8.54. The highest BCUT2D eigenvalue weighted by Gasteiger charge is 2.34. The molecule has 1 fully saturated rings. The fourth-order valence-corrected chi connectivity index (χ4v) is 3.46. The number of hydrogen-bond donors (Lipinski definition) is 1. The summed E-state index contributed by atoms with van der Waals surface area (Å²) in [6.07, 6.45) is 8.83. The van der Waals surface area contributed by atoms with Crippen molar-refractivity contribution in [3.05, 3.63) is 0 Å². The van der Waals surface area contributed by atoms with Crippen LogP contribution in [0.15, 0.2) is 0 Å². The van der Waals surface area contributed by atoms with Crippen LogP contribution in [0.3, 0.4) is 0 Å². The minimum absolute atomic E-state index is 0.0582. The molecular formula is C14H28N2OS. The third kappa shape index (κ3) is 4.16. The highest BCUT2D eigenvalue weighted by atomic mass is 32.2. The first-order valence-corrected chi connectivity index (χ1v) is 8.37. The van der Waals surface area contributed by atoms with Crippen molar-refractivity contribution in [2.45, 2.75) is 57.0 Å². The van der Waals surface area contributed by atoms with E-state index in [-0.39, 0.29) is 11.4 Å². The summed E-state index contributed by atoms with van der Waals surface area (Å²) in [6.45, 7) is 2.13. The fourth-order valence-electron chi connectivity index (χ4n) is 2.76. The first kappa shape index (κ1) is 15.8. The molecule has 1 aliphatic carbocycles. The quantitative estimate of drug-likeness (QED) is 0.806. The lowest BCUT2D eigenvalue weighted by Crippen LogP contribution is -2.49. The molecule has 3 nitrogen and oxygen atoms in total. The normalized spacial score (nSPS) is 20.4. The second kappa shape index (κ2) is 7.39. The SMILES string of the molecule is CNC1(CC(=O)N(C)C(C)CSC)CCCCC1. The Kier molecular flexibility index (Phi) is 6.50. The Morgan fingerprint density at radius 2 is 2.00 bits per heavy atom. The maximum absolute atomic E-state index is 12.4.